The Labute approximate surface area is 114 Å². The molecular weight excluding hydrogens is 274 g/mol. The fraction of sp³-hybridized carbons (Fsp3) is 0.143. The molecule has 2 rings (SSSR count). The Morgan fingerprint density at radius 1 is 1.16 bits per heavy atom. The van der Waals surface area contributed by atoms with Crippen LogP contribution in [-0.2, 0) is 0 Å². The molecule has 2 nitrogen and oxygen atoms in total. The Bertz CT molecular complexity index is 582. The molecule has 0 bridgehead atoms. The molecule has 19 heavy (non-hydrogen) atoms. The van der Waals surface area contributed by atoms with Gasteiger partial charge in [0.25, 0.3) is 0 Å². The predicted octanol–water partition coefficient (Wildman–Crippen LogP) is 3.71. The van der Waals surface area contributed by atoms with E-state index in [-0.39, 0.29) is 16.1 Å². The quantitative estimate of drug-likeness (QED) is 0.931. The molecule has 1 atom stereocenters. The van der Waals surface area contributed by atoms with E-state index in [1.807, 2.05) is 0 Å². The molecule has 0 saturated heterocycles. The van der Waals surface area contributed by atoms with Gasteiger partial charge in [-0.2, -0.15) is 0 Å². The van der Waals surface area contributed by atoms with Crippen LogP contribution in [0.2, 0.25) is 5.02 Å². The van der Waals surface area contributed by atoms with Crippen molar-refractivity contribution < 1.29 is 18.6 Å². The van der Waals surface area contributed by atoms with Crippen LogP contribution in [0.1, 0.15) is 17.2 Å². The van der Waals surface area contributed by atoms with Crippen molar-refractivity contribution in [2.75, 3.05) is 7.11 Å². The SMILES string of the molecule is COc1ccc(C(O)c2c(F)cccc2Cl)c(F)c1. The molecule has 2 aromatic carbocycles. The summed E-state index contributed by atoms with van der Waals surface area (Å²) in [7, 11) is 1.40. The Morgan fingerprint density at radius 2 is 1.89 bits per heavy atom. The topological polar surface area (TPSA) is 29.5 Å². The molecule has 0 saturated carbocycles. The van der Waals surface area contributed by atoms with E-state index in [1.165, 1.54) is 31.4 Å². The highest BCUT2D eigenvalue weighted by atomic mass is 35.5. The zero-order valence-electron chi connectivity index (χ0n) is 10.0. The number of halogens is 3. The molecule has 1 N–H and O–H groups in total. The normalized spacial score (nSPS) is 12.3. The van der Waals surface area contributed by atoms with Crippen molar-refractivity contribution >= 4 is 11.6 Å². The maximum atomic E-state index is 13.8. The van der Waals surface area contributed by atoms with E-state index in [0.717, 1.165) is 12.1 Å². The standard InChI is InChI=1S/C14H11ClF2O2/c1-19-8-5-6-9(12(17)7-8)14(18)13-10(15)3-2-4-11(13)16/h2-7,14,18H,1H3. The molecule has 0 fully saturated rings. The van der Waals surface area contributed by atoms with Gasteiger partial charge >= 0.3 is 0 Å². The minimum Gasteiger partial charge on any atom is -0.497 e. The van der Waals surface area contributed by atoms with Crippen LogP contribution in [0.25, 0.3) is 0 Å². The van der Waals surface area contributed by atoms with Crippen molar-refractivity contribution in [1.82, 2.24) is 0 Å². The van der Waals surface area contributed by atoms with Crippen molar-refractivity contribution in [3.05, 3.63) is 64.2 Å². The summed E-state index contributed by atoms with van der Waals surface area (Å²) in [6.45, 7) is 0. The third-order valence-electron chi connectivity index (χ3n) is 2.78. The second-order valence-electron chi connectivity index (χ2n) is 3.93. The Balaban J connectivity index is 2.47. The van der Waals surface area contributed by atoms with Gasteiger partial charge in [0, 0.05) is 22.2 Å². The Hall–Kier alpha value is -1.65. The smallest absolute Gasteiger partial charge is 0.133 e. The van der Waals surface area contributed by atoms with E-state index < -0.39 is 17.7 Å². The summed E-state index contributed by atoms with van der Waals surface area (Å²) in [5, 5.41) is 10.1. The minimum atomic E-state index is -1.47. The van der Waals surface area contributed by atoms with Gasteiger partial charge in [-0.1, -0.05) is 17.7 Å². The van der Waals surface area contributed by atoms with E-state index in [0.29, 0.717) is 5.75 Å². The summed E-state index contributed by atoms with van der Waals surface area (Å²) in [6.07, 6.45) is -1.47. The van der Waals surface area contributed by atoms with Crippen molar-refractivity contribution in [2.24, 2.45) is 0 Å². The van der Waals surface area contributed by atoms with Crippen LogP contribution in [0.3, 0.4) is 0 Å². The maximum Gasteiger partial charge on any atom is 0.133 e. The van der Waals surface area contributed by atoms with E-state index in [1.54, 1.807) is 0 Å². The van der Waals surface area contributed by atoms with Crippen LogP contribution >= 0.6 is 11.6 Å². The van der Waals surface area contributed by atoms with E-state index >= 15 is 0 Å². The molecular formula is C14H11ClF2O2. The van der Waals surface area contributed by atoms with Crippen LogP contribution in [0.15, 0.2) is 36.4 Å². The minimum absolute atomic E-state index is 0.0442. The highest BCUT2D eigenvalue weighted by Gasteiger charge is 2.21. The van der Waals surface area contributed by atoms with Gasteiger partial charge in [-0.15, -0.1) is 0 Å². The van der Waals surface area contributed by atoms with E-state index in [9.17, 15) is 13.9 Å². The van der Waals surface area contributed by atoms with E-state index in [4.69, 9.17) is 16.3 Å². The van der Waals surface area contributed by atoms with Gasteiger partial charge in [0.2, 0.25) is 0 Å². The Kier molecular flexibility index (Phi) is 4.02. The molecule has 0 aromatic heterocycles. The van der Waals surface area contributed by atoms with Gasteiger partial charge in [0.1, 0.15) is 23.5 Å². The molecule has 0 aliphatic rings. The van der Waals surface area contributed by atoms with Gasteiger partial charge < -0.3 is 9.84 Å². The Morgan fingerprint density at radius 3 is 2.47 bits per heavy atom. The molecule has 0 aliphatic heterocycles. The summed E-state index contributed by atoms with van der Waals surface area (Å²) >= 11 is 5.84. The molecule has 0 heterocycles. The monoisotopic (exact) mass is 284 g/mol. The first kappa shape index (κ1) is 13.8. The zero-order chi connectivity index (χ0) is 14.0. The molecule has 100 valence electrons. The van der Waals surface area contributed by atoms with Gasteiger partial charge in [-0.05, 0) is 24.3 Å². The lowest BCUT2D eigenvalue weighted by Crippen LogP contribution is -2.06. The molecule has 0 amide bonds. The first-order valence-electron chi connectivity index (χ1n) is 5.50. The maximum absolute atomic E-state index is 13.8. The lowest BCUT2D eigenvalue weighted by molar-refractivity contribution is 0.209. The summed E-state index contributed by atoms with van der Waals surface area (Å²) in [5.74, 6) is -1.06. The average Bonchev–Trinajstić information content (AvgIpc) is 2.38. The molecule has 0 aliphatic carbocycles. The number of methoxy groups -OCH3 is 1. The highest BCUT2D eigenvalue weighted by molar-refractivity contribution is 6.31. The summed E-state index contributed by atoms with van der Waals surface area (Å²) in [4.78, 5) is 0. The summed E-state index contributed by atoms with van der Waals surface area (Å²) in [5.41, 5.74) is -0.207. The third-order valence-corrected chi connectivity index (χ3v) is 3.10. The zero-order valence-corrected chi connectivity index (χ0v) is 10.8. The van der Waals surface area contributed by atoms with Crippen molar-refractivity contribution in [3.8, 4) is 5.75 Å². The number of ether oxygens (including phenoxy) is 1. The first-order chi connectivity index (χ1) is 9.04. The van der Waals surface area contributed by atoms with Gasteiger partial charge in [-0.25, -0.2) is 8.78 Å². The summed E-state index contributed by atoms with van der Waals surface area (Å²) < 4.78 is 32.4. The first-order valence-corrected chi connectivity index (χ1v) is 5.87. The fourth-order valence-electron chi connectivity index (χ4n) is 1.78. The largest absolute Gasteiger partial charge is 0.497 e. The van der Waals surface area contributed by atoms with Gasteiger partial charge in [0.15, 0.2) is 0 Å². The average molecular weight is 285 g/mol. The fourth-order valence-corrected chi connectivity index (χ4v) is 2.05. The van der Waals surface area contributed by atoms with Crippen LogP contribution in [0.5, 0.6) is 5.75 Å². The second-order valence-corrected chi connectivity index (χ2v) is 4.33. The molecule has 2 aromatic rings. The molecule has 0 radical (unpaired) electrons. The van der Waals surface area contributed by atoms with Crippen molar-refractivity contribution in [2.45, 2.75) is 6.10 Å². The lowest BCUT2D eigenvalue weighted by Gasteiger charge is -2.15. The molecule has 0 spiro atoms. The van der Waals surface area contributed by atoms with Crippen molar-refractivity contribution in [3.63, 3.8) is 0 Å². The van der Waals surface area contributed by atoms with Gasteiger partial charge in [-0.3, -0.25) is 0 Å². The van der Waals surface area contributed by atoms with Gasteiger partial charge in [0.05, 0.1) is 7.11 Å². The number of hydrogen-bond acceptors (Lipinski definition) is 2. The molecule has 5 heteroatoms. The third kappa shape index (κ3) is 2.69. The number of aliphatic hydroxyl groups excluding tert-OH is 1. The number of rotatable bonds is 3. The predicted molar refractivity (Wildman–Crippen MR) is 68.4 cm³/mol. The van der Waals surface area contributed by atoms with Crippen LogP contribution < -0.4 is 4.74 Å². The van der Waals surface area contributed by atoms with Crippen LogP contribution in [0.4, 0.5) is 8.78 Å². The molecule has 1 unspecified atom stereocenters. The van der Waals surface area contributed by atoms with Crippen molar-refractivity contribution in [1.29, 1.82) is 0 Å². The highest BCUT2D eigenvalue weighted by Crippen LogP contribution is 2.32. The number of hydrogen-bond donors (Lipinski definition) is 1. The number of benzene rings is 2. The summed E-state index contributed by atoms with van der Waals surface area (Å²) in [6, 6.07) is 7.94. The van der Waals surface area contributed by atoms with E-state index in [2.05, 4.69) is 0 Å². The second kappa shape index (κ2) is 5.55. The van der Waals surface area contributed by atoms with Crippen LogP contribution in [-0.4, -0.2) is 12.2 Å². The lowest BCUT2D eigenvalue weighted by atomic mass is 10.0. The number of aliphatic hydroxyl groups is 1. The van der Waals surface area contributed by atoms with Crippen LogP contribution in [0, 0.1) is 11.6 Å².